The number of nitro benzene ring substituents is 1. The summed E-state index contributed by atoms with van der Waals surface area (Å²) in [6.45, 7) is 5.04. The van der Waals surface area contributed by atoms with E-state index in [1.165, 1.54) is 13.1 Å². The molecule has 0 heterocycles. The van der Waals surface area contributed by atoms with Crippen LogP contribution < -0.4 is 5.73 Å². The average Bonchev–Trinajstić information content (AvgIpc) is 2.35. The van der Waals surface area contributed by atoms with Crippen LogP contribution in [0.1, 0.15) is 18.1 Å². The lowest BCUT2D eigenvalue weighted by molar-refractivity contribution is -0.385. The van der Waals surface area contributed by atoms with Crippen molar-refractivity contribution in [3.8, 4) is 0 Å². The summed E-state index contributed by atoms with van der Waals surface area (Å²) in [5.41, 5.74) is 6.18. The topological polar surface area (TPSA) is 107 Å². The molecule has 0 saturated heterocycles. The fourth-order valence-corrected chi connectivity index (χ4v) is 3.43. The van der Waals surface area contributed by atoms with Crippen LogP contribution in [0.5, 0.6) is 0 Å². The summed E-state index contributed by atoms with van der Waals surface area (Å²) in [6, 6.07) is 2.23. The highest BCUT2D eigenvalue weighted by atomic mass is 32.2. The number of benzene rings is 1. The van der Waals surface area contributed by atoms with Crippen LogP contribution in [0.25, 0.3) is 0 Å². The van der Waals surface area contributed by atoms with Crippen LogP contribution in [0.15, 0.2) is 17.0 Å². The van der Waals surface area contributed by atoms with Gasteiger partial charge in [-0.3, -0.25) is 10.1 Å². The van der Waals surface area contributed by atoms with Crippen LogP contribution in [-0.2, 0) is 10.0 Å². The van der Waals surface area contributed by atoms with E-state index in [-0.39, 0.29) is 23.2 Å². The summed E-state index contributed by atoms with van der Waals surface area (Å²) in [7, 11) is -2.39. The van der Waals surface area contributed by atoms with E-state index in [9.17, 15) is 18.5 Å². The van der Waals surface area contributed by atoms with E-state index in [1.54, 1.807) is 20.8 Å². The van der Waals surface area contributed by atoms with Gasteiger partial charge in [-0.2, -0.15) is 4.31 Å². The largest absolute Gasteiger partial charge is 0.329 e. The second kappa shape index (κ2) is 5.86. The molecule has 0 fully saturated rings. The van der Waals surface area contributed by atoms with Gasteiger partial charge in [0.2, 0.25) is 10.0 Å². The van der Waals surface area contributed by atoms with Crippen molar-refractivity contribution in [2.45, 2.75) is 31.7 Å². The fraction of sp³-hybridized carbons (Fsp3) is 0.500. The minimum absolute atomic E-state index is 0.0578. The van der Waals surface area contributed by atoms with Gasteiger partial charge >= 0.3 is 0 Å². The number of nitrogens with zero attached hydrogens (tertiary/aromatic N) is 2. The molecule has 0 bridgehead atoms. The highest BCUT2D eigenvalue weighted by molar-refractivity contribution is 7.89. The first-order valence-electron chi connectivity index (χ1n) is 6.06. The summed E-state index contributed by atoms with van der Waals surface area (Å²) >= 11 is 0. The molecule has 112 valence electrons. The van der Waals surface area contributed by atoms with Gasteiger partial charge in [0.15, 0.2) is 0 Å². The van der Waals surface area contributed by atoms with E-state index < -0.39 is 14.9 Å². The minimum Gasteiger partial charge on any atom is -0.329 e. The third-order valence-electron chi connectivity index (χ3n) is 3.31. The highest BCUT2D eigenvalue weighted by Crippen LogP contribution is 2.28. The van der Waals surface area contributed by atoms with E-state index in [2.05, 4.69) is 0 Å². The Morgan fingerprint density at radius 3 is 2.35 bits per heavy atom. The van der Waals surface area contributed by atoms with E-state index in [4.69, 9.17) is 5.73 Å². The van der Waals surface area contributed by atoms with Gasteiger partial charge in [0, 0.05) is 31.3 Å². The Bertz CT molecular complexity index is 628. The predicted octanol–water partition coefficient (Wildman–Crippen LogP) is 1.18. The van der Waals surface area contributed by atoms with Crippen LogP contribution in [0.4, 0.5) is 5.69 Å². The molecule has 1 atom stereocenters. The van der Waals surface area contributed by atoms with E-state index in [1.807, 2.05) is 0 Å². The standard InChI is InChI=1S/C12H19N3O4S/c1-8-5-9(2)12(6-11(8)15(16)17)20(18,19)14(4)10(3)7-13/h5-6,10H,7,13H2,1-4H3. The SMILES string of the molecule is Cc1cc(C)c(S(=O)(=O)N(C)C(C)CN)cc1[N+](=O)[O-]. The normalized spacial score (nSPS) is 13.5. The Hall–Kier alpha value is -1.51. The lowest BCUT2D eigenvalue weighted by atomic mass is 10.1. The molecule has 0 aliphatic heterocycles. The Balaban J connectivity index is 3.46. The molecule has 0 saturated carbocycles. The quantitative estimate of drug-likeness (QED) is 0.649. The minimum atomic E-state index is -3.80. The zero-order chi connectivity index (χ0) is 15.7. The summed E-state index contributed by atoms with van der Waals surface area (Å²) in [5, 5.41) is 10.9. The molecule has 1 aromatic carbocycles. The maximum atomic E-state index is 12.5. The van der Waals surface area contributed by atoms with Crippen molar-refractivity contribution in [3.63, 3.8) is 0 Å². The van der Waals surface area contributed by atoms with Gasteiger partial charge in [0.1, 0.15) is 0 Å². The monoisotopic (exact) mass is 301 g/mol. The van der Waals surface area contributed by atoms with Crippen LogP contribution in [0.3, 0.4) is 0 Å². The molecule has 8 heteroatoms. The van der Waals surface area contributed by atoms with Crippen molar-refractivity contribution in [2.75, 3.05) is 13.6 Å². The molecule has 1 unspecified atom stereocenters. The summed E-state index contributed by atoms with van der Waals surface area (Å²) < 4.78 is 26.1. The molecule has 0 aliphatic rings. The summed E-state index contributed by atoms with van der Waals surface area (Å²) in [5.74, 6) is 0. The zero-order valence-electron chi connectivity index (χ0n) is 12.0. The molecule has 0 aromatic heterocycles. The molecule has 7 nitrogen and oxygen atoms in total. The van der Waals surface area contributed by atoms with Crippen LogP contribution in [0.2, 0.25) is 0 Å². The number of nitro groups is 1. The van der Waals surface area contributed by atoms with Gasteiger partial charge in [-0.25, -0.2) is 8.42 Å². The fourth-order valence-electron chi connectivity index (χ4n) is 1.84. The van der Waals surface area contributed by atoms with Gasteiger partial charge in [-0.15, -0.1) is 0 Å². The first-order chi connectivity index (χ1) is 9.12. The molecular weight excluding hydrogens is 282 g/mol. The number of aryl methyl sites for hydroxylation is 2. The average molecular weight is 301 g/mol. The van der Waals surface area contributed by atoms with Crippen LogP contribution in [-0.4, -0.2) is 37.3 Å². The molecule has 1 rings (SSSR count). The molecule has 20 heavy (non-hydrogen) atoms. The number of hydrogen-bond acceptors (Lipinski definition) is 5. The summed E-state index contributed by atoms with van der Waals surface area (Å²) in [4.78, 5) is 10.3. The second-order valence-electron chi connectivity index (χ2n) is 4.77. The van der Waals surface area contributed by atoms with Crippen molar-refractivity contribution in [1.29, 1.82) is 0 Å². The van der Waals surface area contributed by atoms with Crippen LogP contribution in [0, 0.1) is 24.0 Å². The Morgan fingerprint density at radius 1 is 1.35 bits per heavy atom. The Kier molecular flexibility index (Phi) is 4.85. The highest BCUT2D eigenvalue weighted by Gasteiger charge is 2.28. The zero-order valence-corrected chi connectivity index (χ0v) is 12.8. The molecule has 0 aliphatic carbocycles. The molecular formula is C12H19N3O4S. The molecule has 0 spiro atoms. The van der Waals surface area contributed by atoms with Gasteiger partial charge in [-0.1, -0.05) is 0 Å². The number of sulfonamides is 1. The maximum Gasteiger partial charge on any atom is 0.273 e. The van der Waals surface area contributed by atoms with Crippen molar-refractivity contribution in [2.24, 2.45) is 5.73 Å². The number of hydrogen-bond donors (Lipinski definition) is 1. The van der Waals surface area contributed by atoms with Gasteiger partial charge in [0.25, 0.3) is 5.69 Å². The van der Waals surface area contributed by atoms with Crippen molar-refractivity contribution in [3.05, 3.63) is 33.4 Å². The second-order valence-corrected chi connectivity index (χ2v) is 6.73. The molecule has 0 amide bonds. The van der Waals surface area contributed by atoms with E-state index in [0.29, 0.717) is 11.1 Å². The third kappa shape index (κ3) is 2.97. The Labute approximate surface area is 118 Å². The van der Waals surface area contributed by atoms with Gasteiger partial charge in [0.05, 0.1) is 9.82 Å². The van der Waals surface area contributed by atoms with E-state index >= 15 is 0 Å². The smallest absolute Gasteiger partial charge is 0.273 e. The number of rotatable bonds is 5. The van der Waals surface area contributed by atoms with Gasteiger partial charge in [-0.05, 0) is 32.4 Å². The van der Waals surface area contributed by atoms with E-state index in [0.717, 1.165) is 10.4 Å². The number of likely N-dealkylation sites (N-methyl/N-ethyl adjacent to an activating group) is 1. The number of nitrogens with two attached hydrogens (primary N) is 1. The first-order valence-corrected chi connectivity index (χ1v) is 7.50. The maximum absolute atomic E-state index is 12.5. The van der Waals surface area contributed by atoms with Gasteiger partial charge < -0.3 is 5.73 Å². The lowest BCUT2D eigenvalue weighted by Gasteiger charge is -2.23. The summed E-state index contributed by atoms with van der Waals surface area (Å²) in [6.07, 6.45) is 0. The van der Waals surface area contributed by atoms with Crippen molar-refractivity contribution < 1.29 is 13.3 Å². The molecule has 2 N–H and O–H groups in total. The molecule has 0 radical (unpaired) electrons. The molecule has 1 aromatic rings. The lowest BCUT2D eigenvalue weighted by Crippen LogP contribution is -2.39. The van der Waals surface area contributed by atoms with Crippen LogP contribution >= 0.6 is 0 Å². The first kappa shape index (κ1) is 16.5. The Morgan fingerprint density at radius 2 is 1.90 bits per heavy atom. The third-order valence-corrected chi connectivity index (χ3v) is 5.42. The predicted molar refractivity (Wildman–Crippen MR) is 76.0 cm³/mol. The van der Waals surface area contributed by atoms with Crippen molar-refractivity contribution in [1.82, 2.24) is 4.31 Å². The van der Waals surface area contributed by atoms with Crippen molar-refractivity contribution >= 4 is 15.7 Å².